The van der Waals surface area contributed by atoms with Crippen molar-refractivity contribution >= 4 is 5.95 Å². The van der Waals surface area contributed by atoms with Gasteiger partial charge >= 0.3 is 0 Å². The van der Waals surface area contributed by atoms with E-state index in [0.29, 0.717) is 12.0 Å². The summed E-state index contributed by atoms with van der Waals surface area (Å²) >= 11 is 0. The topological polar surface area (TPSA) is 53.9 Å². The fourth-order valence-corrected chi connectivity index (χ4v) is 4.57. The highest BCUT2D eigenvalue weighted by molar-refractivity contribution is 5.55. The first-order valence-corrected chi connectivity index (χ1v) is 9.15. The first kappa shape index (κ1) is 14.3. The summed E-state index contributed by atoms with van der Waals surface area (Å²) in [5.41, 5.74) is 1.03. The summed E-state index contributed by atoms with van der Waals surface area (Å²) in [4.78, 5) is 16.1. The maximum Gasteiger partial charge on any atom is 0.226 e. The van der Waals surface area contributed by atoms with Gasteiger partial charge in [-0.25, -0.2) is 9.97 Å². The molecule has 2 aromatic rings. The maximum absolute atomic E-state index is 4.63. The van der Waals surface area contributed by atoms with Gasteiger partial charge in [-0.3, -0.25) is 4.90 Å². The number of piperidine rings is 1. The van der Waals surface area contributed by atoms with Crippen molar-refractivity contribution in [3.05, 3.63) is 36.7 Å². The predicted octanol–water partition coefficient (Wildman–Crippen LogP) is 3.11. The molecule has 1 saturated carbocycles. The summed E-state index contributed by atoms with van der Waals surface area (Å²) < 4.78 is 0. The lowest BCUT2D eigenvalue weighted by molar-refractivity contribution is 0.123. The molecule has 2 saturated heterocycles. The summed E-state index contributed by atoms with van der Waals surface area (Å²) in [7, 11) is 0. The van der Waals surface area contributed by atoms with Gasteiger partial charge in [0.2, 0.25) is 5.95 Å². The van der Waals surface area contributed by atoms with Crippen LogP contribution in [0.3, 0.4) is 0 Å². The average Bonchev–Trinajstić information content (AvgIpc) is 3.42. The second-order valence-electron chi connectivity index (χ2n) is 7.37. The molecule has 3 heterocycles. The predicted molar refractivity (Wildman–Crippen MR) is 93.6 cm³/mol. The summed E-state index contributed by atoms with van der Waals surface area (Å²) in [5.74, 6) is 1.46. The Bertz CT molecular complexity index is 701. The Hall–Kier alpha value is -2.01. The number of fused-ring (bicyclic) bond motifs is 2. The van der Waals surface area contributed by atoms with Crippen LogP contribution in [-0.2, 0) is 0 Å². The van der Waals surface area contributed by atoms with E-state index in [1.165, 1.54) is 38.5 Å². The SMILES string of the molecule is c1ccc(-c2ncnc(NC3CC4CCC(C3)N4C3CC3)n2)cc1. The van der Waals surface area contributed by atoms with Crippen LogP contribution in [0, 0.1) is 0 Å². The fraction of sp³-hybridized carbons (Fsp3) is 0.526. The summed E-state index contributed by atoms with van der Waals surface area (Å²) in [6, 6.07) is 13.0. The lowest BCUT2D eigenvalue weighted by Gasteiger charge is -2.39. The van der Waals surface area contributed by atoms with Gasteiger partial charge in [-0.1, -0.05) is 30.3 Å². The zero-order valence-corrected chi connectivity index (χ0v) is 13.8. The van der Waals surface area contributed by atoms with Crippen molar-refractivity contribution in [1.82, 2.24) is 19.9 Å². The van der Waals surface area contributed by atoms with Crippen molar-refractivity contribution < 1.29 is 0 Å². The van der Waals surface area contributed by atoms with Gasteiger partial charge in [0.1, 0.15) is 6.33 Å². The van der Waals surface area contributed by atoms with Crippen molar-refractivity contribution in [3.8, 4) is 11.4 Å². The van der Waals surface area contributed by atoms with Gasteiger partial charge in [0.25, 0.3) is 0 Å². The van der Waals surface area contributed by atoms with Crippen molar-refractivity contribution in [2.45, 2.75) is 62.7 Å². The summed E-state index contributed by atoms with van der Waals surface area (Å²) in [6.07, 6.45) is 9.62. The molecule has 2 aliphatic heterocycles. The van der Waals surface area contributed by atoms with Crippen LogP contribution >= 0.6 is 0 Å². The van der Waals surface area contributed by atoms with E-state index in [0.717, 1.165) is 29.5 Å². The number of anilines is 1. The molecule has 3 fully saturated rings. The lowest BCUT2D eigenvalue weighted by atomic mass is 9.97. The highest BCUT2D eigenvalue weighted by Gasteiger charge is 2.46. The second kappa shape index (κ2) is 5.81. The molecule has 2 unspecified atom stereocenters. The molecule has 0 spiro atoms. The Morgan fingerprint density at radius 1 is 0.875 bits per heavy atom. The van der Waals surface area contributed by atoms with Crippen LogP contribution in [0.25, 0.3) is 11.4 Å². The molecule has 2 bridgehead atoms. The fourth-order valence-electron chi connectivity index (χ4n) is 4.57. The van der Waals surface area contributed by atoms with Crippen molar-refractivity contribution in [1.29, 1.82) is 0 Å². The summed E-state index contributed by atoms with van der Waals surface area (Å²) in [5, 5.41) is 3.58. The molecule has 24 heavy (non-hydrogen) atoms. The second-order valence-corrected chi connectivity index (χ2v) is 7.37. The minimum Gasteiger partial charge on any atom is -0.351 e. The Morgan fingerprint density at radius 3 is 2.29 bits per heavy atom. The van der Waals surface area contributed by atoms with Crippen molar-refractivity contribution in [3.63, 3.8) is 0 Å². The number of aromatic nitrogens is 3. The van der Waals surface area contributed by atoms with Crippen LogP contribution in [0.5, 0.6) is 0 Å². The molecular formula is C19H23N5. The molecule has 3 aliphatic rings. The smallest absolute Gasteiger partial charge is 0.226 e. The van der Waals surface area contributed by atoms with Crippen LogP contribution in [-0.4, -0.2) is 44.0 Å². The molecular weight excluding hydrogens is 298 g/mol. The average molecular weight is 321 g/mol. The molecule has 1 aromatic carbocycles. The third kappa shape index (κ3) is 2.67. The van der Waals surface area contributed by atoms with E-state index in [9.17, 15) is 0 Å². The number of benzene rings is 1. The number of hydrogen-bond acceptors (Lipinski definition) is 5. The van der Waals surface area contributed by atoms with E-state index >= 15 is 0 Å². The Morgan fingerprint density at radius 2 is 1.58 bits per heavy atom. The first-order chi connectivity index (χ1) is 11.9. The number of nitrogens with zero attached hydrogens (tertiary/aromatic N) is 4. The van der Waals surface area contributed by atoms with E-state index in [-0.39, 0.29) is 0 Å². The zero-order chi connectivity index (χ0) is 15.9. The van der Waals surface area contributed by atoms with Crippen molar-refractivity contribution in [2.24, 2.45) is 0 Å². The third-order valence-corrected chi connectivity index (χ3v) is 5.70. The molecule has 0 radical (unpaired) electrons. The first-order valence-electron chi connectivity index (χ1n) is 9.15. The van der Waals surface area contributed by atoms with Crippen LogP contribution in [0.4, 0.5) is 5.95 Å². The molecule has 5 rings (SSSR count). The highest BCUT2D eigenvalue weighted by atomic mass is 15.3. The van der Waals surface area contributed by atoms with Crippen LogP contribution < -0.4 is 5.32 Å². The van der Waals surface area contributed by atoms with Crippen LogP contribution in [0.1, 0.15) is 38.5 Å². The van der Waals surface area contributed by atoms with Crippen molar-refractivity contribution in [2.75, 3.05) is 5.32 Å². The van der Waals surface area contributed by atoms with Gasteiger partial charge in [-0.2, -0.15) is 4.98 Å². The number of nitrogens with one attached hydrogen (secondary N) is 1. The molecule has 1 aromatic heterocycles. The largest absolute Gasteiger partial charge is 0.351 e. The quantitative estimate of drug-likeness (QED) is 0.938. The minimum absolute atomic E-state index is 0.489. The minimum atomic E-state index is 0.489. The molecule has 124 valence electrons. The van der Waals surface area contributed by atoms with Crippen LogP contribution in [0.15, 0.2) is 36.7 Å². The van der Waals surface area contributed by atoms with Gasteiger partial charge in [-0.05, 0) is 38.5 Å². The molecule has 5 heteroatoms. The molecule has 1 N–H and O–H groups in total. The summed E-state index contributed by atoms with van der Waals surface area (Å²) in [6.45, 7) is 0. The van der Waals surface area contributed by atoms with E-state index < -0.39 is 0 Å². The van der Waals surface area contributed by atoms with Gasteiger partial charge in [0.05, 0.1) is 0 Å². The van der Waals surface area contributed by atoms with Gasteiger partial charge in [0.15, 0.2) is 5.82 Å². The normalized spacial score (nSPS) is 29.6. The maximum atomic E-state index is 4.63. The lowest BCUT2D eigenvalue weighted by Crippen LogP contribution is -2.48. The van der Waals surface area contributed by atoms with E-state index in [2.05, 4.69) is 25.2 Å². The number of hydrogen-bond donors (Lipinski definition) is 1. The molecule has 2 atom stereocenters. The third-order valence-electron chi connectivity index (χ3n) is 5.70. The van der Waals surface area contributed by atoms with Gasteiger partial charge in [0, 0.05) is 29.7 Å². The standard InChI is InChI=1S/C19H23N5/c1-2-4-13(5-3-1)18-20-12-21-19(23-18)22-14-10-16-8-9-17(11-14)24(16)15-6-7-15/h1-5,12,14-17H,6-11H2,(H,20,21,22,23). The van der Waals surface area contributed by atoms with Crippen LogP contribution in [0.2, 0.25) is 0 Å². The highest BCUT2D eigenvalue weighted by Crippen LogP contribution is 2.43. The van der Waals surface area contributed by atoms with E-state index in [1.807, 2.05) is 30.3 Å². The Kier molecular flexibility index (Phi) is 3.47. The Labute approximate surface area is 142 Å². The monoisotopic (exact) mass is 321 g/mol. The molecule has 0 amide bonds. The van der Waals surface area contributed by atoms with Gasteiger partial charge in [-0.15, -0.1) is 0 Å². The zero-order valence-electron chi connectivity index (χ0n) is 13.8. The van der Waals surface area contributed by atoms with E-state index in [4.69, 9.17) is 0 Å². The molecule has 1 aliphatic carbocycles. The van der Waals surface area contributed by atoms with Gasteiger partial charge < -0.3 is 5.32 Å². The Balaban J connectivity index is 1.30. The molecule has 5 nitrogen and oxygen atoms in total. The van der Waals surface area contributed by atoms with E-state index in [1.54, 1.807) is 6.33 Å². The number of rotatable bonds is 4.